The van der Waals surface area contributed by atoms with Gasteiger partial charge in [-0.25, -0.2) is 4.68 Å². The highest BCUT2D eigenvalue weighted by Crippen LogP contribution is 2.25. The van der Waals surface area contributed by atoms with Crippen LogP contribution in [0.15, 0.2) is 67.0 Å². The summed E-state index contributed by atoms with van der Waals surface area (Å²) in [4.78, 5) is 14.9. The van der Waals surface area contributed by atoms with Gasteiger partial charge in [0.05, 0.1) is 17.9 Å². The molecule has 2 aromatic carbocycles. The van der Waals surface area contributed by atoms with Crippen molar-refractivity contribution in [3.63, 3.8) is 0 Å². The van der Waals surface area contributed by atoms with Gasteiger partial charge in [-0.3, -0.25) is 4.79 Å². The monoisotopic (exact) mass is 394 g/mol. The fraction of sp³-hybridized carbons (Fsp3) is 0.273. The van der Waals surface area contributed by atoms with Gasteiger partial charge in [0.25, 0.3) is 0 Å². The molecular weight excluding hydrogens is 372 g/mol. The third kappa shape index (κ3) is 4.26. The smallest absolute Gasteiger partial charge is 0.223 e. The lowest BCUT2D eigenvalue weighted by molar-refractivity contribution is -0.134. The molecule has 0 radical (unpaired) electrons. The van der Waals surface area contributed by atoms with Crippen molar-refractivity contribution in [1.29, 1.82) is 0 Å². The molecule has 1 N–H and O–H groups in total. The maximum Gasteiger partial charge on any atom is 0.223 e. The summed E-state index contributed by atoms with van der Waals surface area (Å²) in [5.41, 5.74) is 3.15. The minimum atomic E-state index is 0.0204. The van der Waals surface area contributed by atoms with Crippen LogP contribution in [0.25, 0.3) is 5.69 Å². The molecule has 144 valence electrons. The molecule has 1 amide bonds. The minimum Gasteiger partial charge on any atom is -0.333 e. The number of para-hydroxylation sites is 1. The first-order valence-electron chi connectivity index (χ1n) is 9.55. The maximum absolute atomic E-state index is 13.0. The number of hydrogen-bond donors (Lipinski definition) is 1. The summed E-state index contributed by atoms with van der Waals surface area (Å²) < 4.78 is 1.85. The molecule has 2 heterocycles. The standard InChI is InChI=1S/C22H23ClN4O/c23-19-6-4-5-18(13-19)21-15-24-11-12-26(21)22(28)10-9-17-14-25-27(16-17)20-7-2-1-3-8-20/h1-8,13-14,16,21,24H,9-12,15H2. The predicted octanol–water partition coefficient (Wildman–Crippen LogP) is 3.63. The predicted molar refractivity (Wildman–Crippen MR) is 111 cm³/mol. The molecule has 1 atom stereocenters. The molecular formula is C22H23ClN4O. The van der Waals surface area contributed by atoms with E-state index in [0.29, 0.717) is 24.4 Å². The maximum atomic E-state index is 13.0. The fourth-order valence-corrected chi connectivity index (χ4v) is 3.82. The van der Waals surface area contributed by atoms with Crippen molar-refractivity contribution in [2.45, 2.75) is 18.9 Å². The number of carbonyl (C=O) groups excluding carboxylic acids is 1. The Labute approximate surface area is 169 Å². The molecule has 5 nitrogen and oxygen atoms in total. The number of halogens is 1. The molecule has 0 aliphatic carbocycles. The van der Waals surface area contributed by atoms with Crippen LogP contribution in [-0.2, 0) is 11.2 Å². The van der Waals surface area contributed by atoms with Crippen LogP contribution in [0.1, 0.15) is 23.6 Å². The average molecular weight is 395 g/mol. The highest BCUT2D eigenvalue weighted by Gasteiger charge is 2.27. The highest BCUT2D eigenvalue weighted by atomic mass is 35.5. The first-order valence-corrected chi connectivity index (χ1v) is 9.93. The molecule has 3 aromatic rings. The number of hydrogen-bond acceptors (Lipinski definition) is 3. The number of aromatic nitrogens is 2. The molecule has 1 aromatic heterocycles. The zero-order valence-electron chi connectivity index (χ0n) is 15.6. The Kier molecular flexibility index (Phi) is 5.74. The van der Waals surface area contributed by atoms with Crippen LogP contribution >= 0.6 is 11.6 Å². The van der Waals surface area contributed by atoms with E-state index in [1.807, 2.05) is 76.6 Å². The number of nitrogens with one attached hydrogen (secondary N) is 1. The third-order valence-corrected chi connectivity index (χ3v) is 5.32. The summed E-state index contributed by atoms with van der Waals surface area (Å²) in [5, 5.41) is 8.50. The van der Waals surface area contributed by atoms with E-state index in [-0.39, 0.29) is 11.9 Å². The zero-order chi connectivity index (χ0) is 19.3. The molecule has 0 saturated carbocycles. The van der Waals surface area contributed by atoms with E-state index in [1.54, 1.807) is 0 Å². The Morgan fingerprint density at radius 1 is 1.18 bits per heavy atom. The first-order chi connectivity index (χ1) is 13.7. The normalized spacial score (nSPS) is 16.9. The number of benzene rings is 2. The van der Waals surface area contributed by atoms with Gasteiger partial charge in [0, 0.05) is 37.3 Å². The fourth-order valence-electron chi connectivity index (χ4n) is 3.62. The quantitative estimate of drug-likeness (QED) is 0.718. The van der Waals surface area contributed by atoms with Gasteiger partial charge in [-0.2, -0.15) is 5.10 Å². The zero-order valence-corrected chi connectivity index (χ0v) is 16.3. The largest absolute Gasteiger partial charge is 0.333 e. The van der Waals surface area contributed by atoms with Gasteiger partial charge in [-0.15, -0.1) is 0 Å². The number of amides is 1. The molecule has 1 aliphatic heterocycles. The van der Waals surface area contributed by atoms with E-state index >= 15 is 0 Å². The van der Waals surface area contributed by atoms with Crippen molar-refractivity contribution in [1.82, 2.24) is 20.0 Å². The summed E-state index contributed by atoms with van der Waals surface area (Å²) >= 11 is 6.15. The topological polar surface area (TPSA) is 50.2 Å². The van der Waals surface area contributed by atoms with Gasteiger partial charge in [0.1, 0.15) is 0 Å². The molecule has 1 unspecified atom stereocenters. The van der Waals surface area contributed by atoms with Crippen LogP contribution < -0.4 is 5.32 Å². The van der Waals surface area contributed by atoms with E-state index in [9.17, 15) is 4.79 Å². The van der Waals surface area contributed by atoms with Gasteiger partial charge in [0.15, 0.2) is 0 Å². The van der Waals surface area contributed by atoms with Crippen molar-refractivity contribution >= 4 is 17.5 Å². The van der Waals surface area contributed by atoms with Gasteiger partial charge in [0.2, 0.25) is 5.91 Å². The van der Waals surface area contributed by atoms with E-state index in [4.69, 9.17) is 11.6 Å². The second-order valence-electron chi connectivity index (χ2n) is 6.99. The van der Waals surface area contributed by atoms with Gasteiger partial charge < -0.3 is 10.2 Å². The number of carbonyl (C=O) groups is 1. The summed E-state index contributed by atoms with van der Waals surface area (Å²) in [7, 11) is 0. The van der Waals surface area contributed by atoms with Crippen molar-refractivity contribution in [3.05, 3.63) is 83.1 Å². The Morgan fingerprint density at radius 3 is 2.86 bits per heavy atom. The Bertz CT molecular complexity index is 940. The molecule has 6 heteroatoms. The second kappa shape index (κ2) is 8.59. The van der Waals surface area contributed by atoms with E-state index < -0.39 is 0 Å². The highest BCUT2D eigenvalue weighted by molar-refractivity contribution is 6.30. The molecule has 28 heavy (non-hydrogen) atoms. The van der Waals surface area contributed by atoms with Crippen molar-refractivity contribution in [2.75, 3.05) is 19.6 Å². The lowest BCUT2D eigenvalue weighted by atomic mass is 10.0. The minimum absolute atomic E-state index is 0.0204. The molecule has 0 spiro atoms. The van der Waals surface area contributed by atoms with Crippen molar-refractivity contribution < 1.29 is 4.79 Å². The lowest BCUT2D eigenvalue weighted by Gasteiger charge is -2.36. The van der Waals surface area contributed by atoms with E-state index in [1.165, 1.54) is 0 Å². The third-order valence-electron chi connectivity index (χ3n) is 5.08. The van der Waals surface area contributed by atoms with Crippen LogP contribution in [0.3, 0.4) is 0 Å². The lowest BCUT2D eigenvalue weighted by Crippen LogP contribution is -2.48. The summed E-state index contributed by atoms with van der Waals surface area (Å²) in [6.07, 6.45) is 4.98. The molecule has 1 fully saturated rings. The van der Waals surface area contributed by atoms with Gasteiger partial charge in [-0.1, -0.05) is 41.9 Å². The van der Waals surface area contributed by atoms with Gasteiger partial charge >= 0.3 is 0 Å². The van der Waals surface area contributed by atoms with Crippen LogP contribution in [0.5, 0.6) is 0 Å². The van der Waals surface area contributed by atoms with Crippen molar-refractivity contribution in [2.24, 2.45) is 0 Å². The Morgan fingerprint density at radius 2 is 2.04 bits per heavy atom. The van der Waals surface area contributed by atoms with E-state index in [0.717, 1.165) is 29.9 Å². The van der Waals surface area contributed by atoms with Gasteiger partial charge in [-0.05, 0) is 41.8 Å². The van der Waals surface area contributed by atoms with E-state index in [2.05, 4.69) is 10.4 Å². The Balaban J connectivity index is 1.42. The molecule has 0 bridgehead atoms. The average Bonchev–Trinajstić information content (AvgIpc) is 3.22. The summed E-state index contributed by atoms with van der Waals surface area (Å²) in [6, 6.07) is 17.8. The summed E-state index contributed by atoms with van der Waals surface area (Å²) in [6.45, 7) is 2.27. The number of aryl methyl sites for hydroxylation is 1. The van der Waals surface area contributed by atoms with Crippen LogP contribution in [0.4, 0.5) is 0 Å². The van der Waals surface area contributed by atoms with Crippen LogP contribution in [0, 0.1) is 0 Å². The second-order valence-corrected chi connectivity index (χ2v) is 7.43. The number of nitrogens with zero attached hydrogens (tertiary/aromatic N) is 3. The number of rotatable bonds is 5. The molecule has 1 aliphatic rings. The molecule has 1 saturated heterocycles. The first kappa shape index (κ1) is 18.7. The van der Waals surface area contributed by atoms with Crippen LogP contribution in [-0.4, -0.2) is 40.2 Å². The molecule has 4 rings (SSSR count). The number of piperazine rings is 1. The van der Waals surface area contributed by atoms with Crippen molar-refractivity contribution in [3.8, 4) is 5.69 Å². The van der Waals surface area contributed by atoms with Crippen LogP contribution in [0.2, 0.25) is 5.02 Å². The summed E-state index contributed by atoms with van der Waals surface area (Å²) in [5.74, 6) is 0.166. The SMILES string of the molecule is O=C(CCc1cnn(-c2ccccc2)c1)N1CCNCC1c1cccc(Cl)c1. The Hall–Kier alpha value is -2.63.